The largest absolute Gasteiger partial charge is 0.393 e. The molecule has 0 spiro atoms. The number of benzene rings is 1. The maximum absolute atomic E-state index is 9.30. The van der Waals surface area contributed by atoms with Crippen molar-refractivity contribution in [1.29, 1.82) is 0 Å². The normalized spacial score (nSPS) is 12.8. The van der Waals surface area contributed by atoms with Crippen LogP contribution in [0.3, 0.4) is 0 Å². The van der Waals surface area contributed by atoms with Crippen LogP contribution in [-0.2, 0) is 12.8 Å². The molecule has 0 bridgehead atoms. The van der Waals surface area contributed by atoms with Crippen LogP contribution >= 0.6 is 0 Å². The van der Waals surface area contributed by atoms with Crippen LogP contribution in [0.4, 0.5) is 0 Å². The molecule has 1 N–H and O–H groups in total. The first-order valence-corrected chi connectivity index (χ1v) is 4.99. The van der Waals surface area contributed by atoms with Crippen LogP contribution in [0.25, 0.3) is 0 Å². The minimum Gasteiger partial charge on any atom is -0.393 e. The van der Waals surface area contributed by atoms with Crippen molar-refractivity contribution in [2.45, 2.75) is 39.2 Å². The van der Waals surface area contributed by atoms with Gasteiger partial charge >= 0.3 is 0 Å². The quantitative estimate of drug-likeness (QED) is 0.751. The highest BCUT2D eigenvalue weighted by Crippen LogP contribution is 2.12. The number of aryl methyl sites for hydroxylation is 1. The summed E-state index contributed by atoms with van der Waals surface area (Å²) in [5.74, 6) is 0. The van der Waals surface area contributed by atoms with E-state index in [0.29, 0.717) is 0 Å². The van der Waals surface area contributed by atoms with Gasteiger partial charge in [-0.05, 0) is 30.9 Å². The smallest absolute Gasteiger partial charge is 0.0552 e. The molecule has 1 unspecified atom stereocenters. The molecule has 1 atom stereocenters. The van der Waals surface area contributed by atoms with Crippen LogP contribution in [0.2, 0.25) is 0 Å². The molecule has 0 aromatic heterocycles. The van der Waals surface area contributed by atoms with E-state index in [0.717, 1.165) is 19.3 Å². The van der Waals surface area contributed by atoms with E-state index in [-0.39, 0.29) is 6.10 Å². The summed E-state index contributed by atoms with van der Waals surface area (Å²) in [6.07, 6.45) is 2.81. The second-order valence-corrected chi connectivity index (χ2v) is 3.57. The van der Waals surface area contributed by atoms with Gasteiger partial charge in [0, 0.05) is 0 Å². The average Bonchev–Trinajstić information content (AvgIpc) is 2.08. The third kappa shape index (κ3) is 3.19. The van der Waals surface area contributed by atoms with Crippen LogP contribution in [0.1, 0.15) is 31.4 Å². The van der Waals surface area contributed by atoms with Gasteiger partial charge in [0.25, 0.3) is 0 Å². The van der Waals surface area contributed by atoms with Crippen molar-refractivity contribution in [1.82, 2.24) is 0 Å². The summed E-state index contributed by atoms with van der Waals surface area (Å²) in [6.45, 7) is 4.02. The maximum atomic E-state index is 9.30. The molecule has 0 radical (unpaired) electrons. The highest BCUT2D eigenvalue weighted by Gasteiger charge is 2.03. The number of hydrogen-bond acceptors (Lipinski definition) is 1. The molecule has 1 aromatic carbocycles. The highest BCUT2D eigenvalue weighted by molar-refractivity contribution is 5.27. The summed E-state index contributed by atoms with van der Waals surface area (Å²) < 4.78 is 0. The Balaban J connectivity index is 2.78. The van der Waals surface area contributed by atoms with Gasteiger partial charge in [0.2, 0.25) is 0 Å². The molecule has 0 aliphatic carbocycles. The van der Waals surface area contributed by atoms with E-state index >= 15 is 0 Å². The van der Waals surface area contributed by atoms with Crippen molar-refractivity contribution in [3.63, 3.8) is 0 Å². The summed E-state index contributed by atoms with van der Waals surface area (Å²) in [5, 5.41) is 9.30. The van der Waals surface area contributed by atoms with Crippen molar-refractivity contribution in [2.75, 3.05) is 0 Å². The molecule has 1 aromatic rings. The lowest BCUT2D eigenvalue weighted by molar-refractivity contribution is 0.195. The molecule has 0 saturated heterocycles. The Labute approximate surface area is 80.4 Å². The van der Waals surface area contributed by atoms with Gasteiger partial charge in [0.05, 0.1) is 6.10 Å². The minimum absolute atomic E-state index is 0.238. The van der Waals surface area contributed by atoms with E-state index in [1.807, 2.05) is 13.0 Å². The van der Waals surface area contributed by atoms with E-state index in [9.17, 15) is 5.11 Å². The fourth-order valence-corrected chi connectivity index (χ4v) is 1.59. The van der Waals surface area contributed by atoms with Gasteiger partial charge in [0.15, 0.2) is 0 Å². The van der Waals surface area contributed by atoms with Crippen molar-refractivity contribution < 1.29 is 5.11 Å². The molecule has 0 fully saturated rings. The van der Waals surface area contributed by atoms with E-state index in [1.54, 1.807) is 0 Å². The van der Waals surface area contributed by atoms with Gasteiger partial charge in [-0.3, -0.25) is 0 Å². The number of aliphatic hydroxyl groups excluding tert-OH is 1. The Hall–Kier alpha value is -0.820. The van der Waals surface area contributed by atoms with Crippen LogP contribution < -0.4 is 0 Å². The summed E-state index contributed by atoms with van der Waals surface area (Å²) in [6, 6.07) is 8.37. The van der Waals surface area contributed by atoms with Gasteiger partial charge in [-0.2, -0.15) is 0 Å². The molecule has 0 aliphatic heterocycles. The molecule has 72 valence electrons. The third-order valence-electron chi connectivity index (χ3n) is 2.15. The molecular weight excluding hydrogens is 160 g/mol. The SMILES string of the molecule is CCCc1ccccc1CC(C)O. The fourth-order valence-electron chi connectivity index (χ4n) is 1.59. The Morgan fingerprint density at radius 3 is 2.38 bits per heavy atom. The van der Waals surface area contributed by atoms with Crippen LogP contribution in [0.15, 0.2) is 24.3 Å². The Morgan fingerprint density at radius 1 is 1.23 bits per heavy atom. The fraction of sp³-hybridized carbons (Fsp3) is 0.500. The molecule has 0 aliphatic rings. The van der Waals surface area contributed by atoms with E-state index in [4.69, 9.17) is 0 Å². The number of aliphatic hydroxyl groups is 1. The number of hydrogen-bond donors (Lipinski definition) is 1. The lowest BCUT2D eigenvalue weighted by Gasteiger charge is -2.09. The Morgan fingerprint density at radius 2 is 1.85 bits per heavy atom. The van der Waals surface area contributed by atoms with Gasteiger partial charge in [-0.1, -0.05) is 37.6 Å². The van der Waals surface area contributed by atoms with Gasteiger partial charge < -0.3 is 5.11 Å². The monoisotopic (exact) mass is 178 g/mol. The Bertz CT molecular complexity index is 253. The molecule has 0 heterocycles. The molecular formula is C12H18O. The molecule has 13 heavy (non-hydrogen) atoms. The topological polar surface area (TPSA) is 20.2 Å². The first-order chi connectivity index (χ1) is 6.24. The van der Waals surface area contributed by atoms with E-state index < -0.39 is 0 Å². The second kappa shape index (κ2) is 5.03. The Kier molecular flexibility index (Phi) is 3.97. The molecule has 1 rings (SSSR count). The number of rotatable bonds is 4. The molecule has 0 amide bonds. The lowest BCUT2D eigenvalue weighted by Crippen LogP contribution is -2.06. The predicted octanol–water partition coefficient (Wildman–Crippen LogP) is 2.56. The van der Waals surface area contributed by atoms with E-state index in [1.165, 1.54) is 11.1 Å². The van der Waals surface area contributed by atoms with Crippen molar-refractivity contribution >= 4 is 0 Å². The standard InChI is InChI=1S/C12H18O/c1-3-6-11-7-4-5-8-12(11)9-10(2)13/h4-5,7-8,10,13H,3,6,9H2,1-2H3. The van der Waals surface area contributed by atoms with Crippen molar-refractivity contribution in [2.24, 2.45) is 0 Å². The second-order valence-electron chi connectivity index (χ2n) is 3.57. The summed E-state index contributed by atoms with van der Waals surface area (Å²) >= 11 is 0. The maximum Gasteiger partial charge on any atom is 0.0552 e. The van der Waals surface area contributed by atoms with Crippen LogP contribution in [-0.4, -0.2) is 11.2 Å². The predicted molar refractivity (Wildman–Crippen MR) is 55.8 cm³/mol. The van der Waals surface area contributed by atoms with Crippen LogP contribution in [0, 0.1) is 0 Å². The van der Waals surface area contributed by atoms with Crippen molar-refractivity contribution in [3.05, 3.63) is 35.4 Å². The van der Waals surface area contributed by atoms with Crippen LogP contribution in [0.5, 0.6) is 0 Å². The first kappa shape index (κ1) is 10.3. The lowest BCUT2D eigenvalue weighted by atomic mass is 9.99. The van der Waals surface area contributed by atoms with E-state index in [2.05, 4.69) is 25.1 Å². The first-order valence-electron chi connectivity index (χ1n) is 4.99. The third-order valence-corrected chi connectivity index (χ3v) is 2.15. The zero-order valence-electron chi connectivity index (χ0n) is 8.46. The molecule has 1 nitrogen and oxygen atoms in total. The van der Waals surface area contributed by atoms with Gasteiger partial charge in [-0.25, -0.2) is 0 Å². The summed E-state index contributed by atoms with van der Waals surface area (Å²) in [5.41, 5.74) is 2.67. The summed E-state index contributed by atoms with van der Waals surface area (Å²) in [4.78, 5) is 0. The van der Waals surface area contributed by atoms with Gasteiger partial charge in [-0.15, -0.1) is 0 Å². The minimum atomic E-state index is -0.238. The highest BCUT2D eigenvalue weighted by atomic mass is 16.3. The van der Waals surface area contributed by atoms with Gasteiger partial charge in [0.1, 0.15) is 0 Å². The zero-order valence-corrected chi connectivity index (χ0v) is 8.46. The molecule has 1 heteroatoms. The molecule has 0 saturated carbocycles. The summed E-state index contributed by atoms with van der Waals surface area (Å²) in [7, 11) is 0. The van der Waals surface area contributed by atoms with Crippen molar-refractivity contribution in [3.8, 4) is 0 Å². The zero-order chi connectivity index (χ0) is 9.68. The average molecular weight is 178 g/mol.